The molecule has 1 aromatic rings. The summed E-state index contributed by atoms with van der Waals surface area (Å²) in [5, 5.41) is 0.345. The second-order valence-corrected chi connectivity index (χ2v) is 4.65. The van der Waals surface area contributed by atoms with Gasteiger partial charge in [-0.15, -0.1) is 13.2 Å². The Labute approximate surface area is 120 Å². The first-order valence-electron chi connectivity index (χ1n) is 6.20. The maximum atomic E-state index is 11.8. The molecule has 1 rings (SSSR count). The number of rotatable bonds is 7. The van der Waals surface area contributed by atoms with Crippen LogP contribution < -0.4 is 10.5 Å². The normalized spacial score (nSPS) is 13.3. The molecule has 0 radical (unpaired) electrons. The molecule has 0 spiro atoms. The van der Waals surface area contributed by atoms with E-state index in [4.69, 9.17) is 22.1 Å². The average molecular weight is 312 g/mol. The molecule has 1 unspecified atom stereocenters. The van der Waals surface area contributed by atoms with Crippen LogP contribution in [0.3, 0.4) is 0 Å². The van der Waals surface area contributed by atoms with Crippen molar-refractivity contribution in [2.24, 2.45) is 5.73 Å². The Morgan fingerprint density at radius 2 is 2.00 bits per heavy atom. The predicted octanol–water partition coefficient (Wildman–Crippen LogP) is 3.54. The first kappa shape index (κ1) is 17.1. The van der Waals surface area contributed by atoms with E-state index in [1.807, 2.05) is 6.92 Å². The fourth-order valence-electron chi connectivity index (χ4n) is 1.60. The fourth-order valence-corrected chi connectivity index (χ4v) is 1.85. The Balaban J connectivity index is 2.63. The van der Waals surface area contributed by atoms with Crippen molar-refractivity contribution in [3.05, 3.63) is 28.8 Å². The third-order valence-electron chi connectivity index (χ3n) is 2.65. The Morgan fingerprint density at radius 3 is 2.60 bits per heavy atom. The lowest BCUT2D eigenvalue weighted by atomic mass is 10.0. The van der Waals surface area contributed by atoms with Crippen molar-refractivity contribution in [3.8, 4) is 5.75 Å². The minimum absolute atomic E-state index is 0.0535. The van der Waals surface area contributed by atoms with Crippen LogP contribution >= 0.6 is 11.6 Å². The van der Waals surface area contributed by atoms with Crippen LogP contribution in [0.15, 0.2) is 18.2 Å². The van der Waals surface area contributed by atoms with Crippen molar-refractivity contribution >= 4 is 11.6 Å². The zero-order valence-corrected chi connectivity index (χ0v) is 11.8. The molecule has 0 saturated heterocycles. The van der Waals surface area contributed by atoms with Crippen molar-refractivity contribution in [2.75, 3.05) is 13.2 Å². The van der Waals surface area contributed by atoms with Crippen LogP contribution in [0, 0.1) is 0 Å². The molecule has 0 heterocycles. The summed E-state index contributed by atoms with van der Waals surface area (Å²) in [6.07, 6.45) is -3.33. The molecular weight excluding hydrogens is 295 g/mol. The summed E-state index contributed by atoms with van der Waals surface area (Å²) < 4.78 is 44.4. The van der Waals surface area contributed by atoms with E-state index in [0.717, 1.165) is 12.0 Å². The molecule has 0 amide bonds. The fraction of sp³-hybridized carbons (Fsp3) is 0.538. The minimum Gasteiger partial charge on any atom is -0.489 e. The van der Waals surface area contributed by atoms with Gasteiger partial charge in [0.25, 0.3) is 0 Å². The van der Waals surface area contributed by atoms with Gasteiger partial charge in [0.1, 0.15) is 12.4 Å². The Hall–Kier alpha value is -0.980. The third kappa shape index (κ3) is 5.98. The van der Waals surface area contributed by atoms with Crippen molar-refractivity contribution < 1.29 is 22.6 Å². The van der Waals surface area contributed by atoms with E-state index >= 15 is 0 Å². The second kappa shape index (κ2) is 7.71. The number of ether oxygens (including phenoxy) is 2. The Kier molecular flexibility index (Phi) is 6.58. The maximum absolute atomic E-state index is 11.8. The molecule has 0 fully saturated rings. The monoisotopic (exact) mass is 311 g/mol. The van der Waals surface area contributed by atoms with Crippen LogP contribution in [-0.2, 0) is 11.2 Å². The molecule has 0 bridgehead atoms. The van der Waals surface area contributed by atoms with E-state index in [0.29, 0.717) is 17.2 Å². The lowest BCUT2D eigenvalue weighted by Crippen LogP contribution is -2.22. The highest BCUT2D eigenvalue weighted by Gasteiger charge is 2.28. The summed E-state index contributed by atoms with van der Waals surface area (Å²) in [5.41, 5.74) is 6.64. The number of nitrogens with two attached hydrogens (primary N) is 1. The molecule has 0 saturated carbocycles. The van der Waals surface area contributed by atoms with Crippen molar-refractivity contribution in [1.29, 1.82) is 0 Å². The first-order valence-corrected chi connectivity index (χ1v) is 6.57. The summed E-state index contributed by atoms with van der Waals surface area (Å²) in [5.74, 6) is 0.365. The maximum Gasteiger partial charge on any atom is 0.522 e. The smallest absolute Gasteiger partial charge is 0.489 e. The van der Waals surface area contributed by atoms with Gasteiger partial charge in [-0.3, -0.25) is 4.74 Å². The topological polar surface area (TPSA) is 44.5 Å². The molecule has 0 aliphatic rings. The van der Waals surface area contributed by atoms with E-state index in [-0.39, 0.29) is 12.6 Å². The number of hydrogen-bond donors (Lipinski definition) is 1. The van der Waals surface area contributed by atoms with Crippen LogP contribution in [0.5, 0.6) is 5.75 Å². The van der Waals surface area contributed by atoms with Crippen molar-refractivity contribution in [1.82, 2.24) is 0 Å². The molecule has 0 aliphatic heterocycles. The van der Waals surface area contributed by atoms with Gasteiger partial charge in [0.15, 0.2) is 0 Å². The first-order chi connectivity index (χ1) is 9.33. The highest BCUT2D eigenvalue weighted by atomic mass is 35.5. The van der Waals surface area contributed by atoms with Crippen molar-refractivity contribution in [3.63, 3.8) is 0 Å². The molecule has 2 N–H and O–H groups in total. The van der Waals surface area contributed by atoms with E-state index in [9.17, 15) is 13.2 Å². The summed E-state index contributed by atoms with van der Waals surface area (Å²) in [6.45, 7) is 1.12. The zero-order valence-electron chi connectivity index (χ0n) is 11.0. The van der Waals surface area contributed by atoms with Crippen LogP contribution in [0.2, 0.25) is 5.02 Å². The molecule has 7 heteroatoms. The van der Waals surface area contributed by atoms with Gasteiger partial charge in [-0.1, -0.05) is 30.7 Å². The van der Waals surface area contributed by atoms with Gasteiger partial charge >= 0.3 is 6.36 Å². The van der Waals surface area contributed by atoms with E-state index in [1.165, 1.54) is 0 Å². The van der Waals surface area contributed by atoms with Crippen LogP contribution in [0.4, 0.5) is 13.2 Å². The van der Waals surface area contributed by atoms with Gasteiger partial charge in [0.05, 0.1) is 11.6 Å². The minimum atomic E-state index is -4.66. The van der Waals surface area contributed by atoms with E-state index in [1.54, 1.807) is 18.2 Å². The number of benzene rings is 1. The zero-order chi connectivity index (χ0) is 15.2. The third-order valence-corrected chi connectivity index (χ3v) is 2.95. The molecule has 114 valence electrons. The molecule has 1 aromatic carbocycles. The Bertz CT molecular complexity index is 427. The molecule has 3 nitrogen and oxygen atoms in total. The Morgan fingerprint density at radius 1 is 1.30 bits per heavy atom. The van der Waals surface area contributed by atoms with Gasteiger partial charge in [0, 0.05) is 6.04 Å². The van der Waals surface area contributed by atoms with E-state index < -0.39 is 13.0 Å². The SMILES string of the molecule is CCC(N)Cc1cccc(Cl)c1OCCOC(F)(F)F. The lowest BCUT2D eigenvalue weighted by Gasteiger charge is -2.16. The largest absolute Gasteiger partial charge is 0.522 e. The van der Waals surface area contributed by atoms with Gasteiger partial charge < -0.3 is 10.5 Å². The summed E-state index contributed by atoms with van der Waals surface area (Å²) in [4.78, 5) is 0. The van der Waals surface area contributed by atoms with Crippen LogP contribution in [0.25, 0.3) is 0 Å². The molecule has 20 heavy (non-hydrogen) atoms. The van der Waals surface area contributed by atoms with Gasteiger partial charge in [-0.05, 0) is 24.5 Å². The molecule has 1 atom stereocenters. The molecular formula is C13H17ClF3NO2. The average Bonchev–Trinajstić information content (AvgIpc) is 2.35. The lowest BCUT2D eigenvalue weighted by molar-refractivity contribution is -0.325. The van der Waals surface area contributed by atoms with Crippen molar-refractivity contribution in [2.45, 2.75) is 32.2 Å². The van der Waals surface area contributed by atoms with Gasteiger partial charge in [-0.2, -0.15) is 0 Å². The van der Waals surface area contributed by atoms with Gasteiger partial charge in [-0.25, -0.2) is 0 Å². The predicted molar refractivity (Wildman–Crippen MR) is 70.9 cm³/mol. The number of halogens is 4. The van der Waals surface area contributed by atoms with Crippen LogP contribution in [-0.4, -0.2) is 25.6 Å². The highest BCUT2D eigenvalue weighted by Crippen LogP contribution is 2.29. The van der Waals surface area contributed by atoms with E-state index in [2.05, 4.69) is 4.74 Å². The second-order valence-electron chi connectivity index (χ2n) is 4.24. The van der Waals surface area contributed by atoms with Gasteiger partial charge in [0.2, 0.25) is 0 Å². The standard InChI is InChI=1S/C13H17ClF3NO2/c1-2-10(18)8-9-4-3-5-11(14)12(9)19-6-7-20-13(15,16)17/h3-5,10H,2,6-8,18H2,1H3. The highest BCUT2D eigenvalue weighted by molar-refractivity contribution is 6.32. The van der Waals surface area contributed by atoms with Crippen LogP contribution in [0.1, 0.15) is 18.9 Å². The molecule has 0 aliphatic carbocycles. The number of alkyl halides is 3. The summed E-state index contributed by atoms with van der Waals surface area (Å²) in [6, 6.07) is 5.10. The number of hydrogen-bond acceptors (Lipinski definition) is 3. The summed E-state index contributed by atoms with van der Waals surface area (Å²) >= 11 is 6.00. The summed E-state index contributed by atoms with van der Waals surface area (Å²) in [7, 11) is 0. The quantitative estimate of drug-likeness (QED) is 0.783. The molecule has 0 aromatic heterocycles. The number of para-hydroxylation sites is 1.